The molecule has 2 N–H and O–H groups in total. The van der Waals surface area contributed by atoms with Gasteiger partial charge in [-0.25, -0.2) is 0 Å². The minimum Gasteiger partial charge on any atom is -0.366 e. The zero-order valence-electron chi connectivity index (χ0n) is 10.5. The number of unbranched alkanes of at least 4 members (excludes halogenated alkanes) is 6. The van der Waals surface area contributed by atoms with Gasteiger partial charge in [0.2, 0.25) is 0 Å². The molecule has 0 atom stereocenters. The lowest BCUT2D eigenvalue weighted by molar-refractivity contribution is -0.171. The normalized spacial score (nSPS) is 12.0. The van der Waals surface area contributed by atoms with Crippen LogP contribution < -0.4 is 0 Å². The van der Waals surface area contributed by atoms with E-state index in [0.717, 1.165) is 25.7 Å². The summed E-state index contributed by atoms with van der Waals surface area (Å²) in [4.78, 5) is 0. The Hall–Kier alpha value is -0.0800. The Morgan fingerprint density at radius 3 is 1.73 bits per heavy atom. The summed E-state index contributed by atoms with van der Waals surface area (Å²) in [6, 6.07) is 0. The minimum atomic E-state index is -1.40. The highest BCUT2D eigenvalue weighted by Crippen LogP contribution is 2.19. The summed E-state index contributed by atoms with van der Waals surface area (Å²) in [6.07, 6.45) is 10.2. The van der Waals surface area contributed by atoms with Crippen molar-refractivity contribution < 1.29 is 10.2 Å². The lowest BCUT2D eigenvalue weighted by atomic mass is 10.0. The van der Waals surface area contributed by atoms with E-state index in [1.807, 2.05) is 0 Å². The van der Waals surface area contributed by atoms with Crippen LogP contribution >= 0.6 is 0 Å². The van der Waals surface area contributed by atoms with Gasteiger partial charge < -0.3 is 10.2 Å². The van der Waals surface area contributed by atoms with E-state index in [4.69, 9.17) is 0 Å². The predicted molar refractivity (Wildman–Crippen MR) is 64.7 cm³/mol. The third-order valence-electron chi connectivity index (χ3n) is 2.86. The Morgan fingerprint density at radius 2 is 1.13 bits per heavy atom. The summed E-state index contributed by atoms with van der Waals surface area (Å²) in [5.74, 6) is -1.40. The zero-order valence-corrected chi connectivity index (χ0v) is 10.5. The van der Waals surface area contributed by atoms with Gasteiger partial charge in [-0.1, -0.05) is 52.4 Å². The van der Waals surface area contributed by atoms with E-state index in [-0.39, 0.29) is 0 Å². The van der Waals surface area contributed by atoms with Crippen LogP contribution in [0.2, 0.25) is 0 Å². The van der Waals surface area contributed by atoms with Crippen LogP contribution in [-0.4, -0.2) is 16.0 Å². The first-order chi connectivity index (χ1) is 7.12. The highest BCUT2D eigenvalue weighted by Gasteiger charge is 2.20. The average Bonchev–Trinajstić information content (AvgIpc) is 2.20. The zero-order chi connectivity index (χ0) is 11.6. The van der Waals surface area contributed by atoms with Gasteiger partial charge in [-0.2, -0.15) is 0 Å². The molecule has 0 bridgehead atoms. The smallest absolute Gasteiger partial charge is 0.162 e. The molecule has 2 nitrogen and oxygen atoms in total. The Kier molecular flexibility index (Phi) is 9.12. The Bertz CT molecular complexity index is 132. The summed E-state index contributed by atoms with van der Waals surface area (Å²) < 4.78 is 0. The predicted octanol–water partition coefficient (Wildman–Crippen LogP) is 3.61. The van der Waals surface area contributed by atoms with Crippen molar-refractivity contribution in [1.82, 2.24) is 0 Å². The summed E-state index contributed by atoms with van der Waals surface area (Å²) in [6.45, 7) is 4.28. The van der Waals surface area contributed by atoms with Crippen LogP contribution in [-0.2, 0) is 0 Å². The first-order valence-electron chi connectivity index (χ1n) is 6.57. The molecule has 0 radical (unpaired) electrons. The van der Waals surface area contributed by atoms with Gasteiger partial charge in [-0.3, -0.25) is 0 Å². The summed E-state index contributed by atoms with van der Waals surface area (Å²) in [7, 11) is 0. The van der Waals surface area contributed by atoms with E-state index in [9.17, 15) is 10.2 Å². The van der Waals surface area contributed by atoms with Crippen LogP contribution in [0.15, 0.2) is 0 Å². The first-order valence-corrected chi connectivity index (χ1v) is 6.57. The first kappa shape index (κ1) is 14.9. The maximum atomic E-state index is 9.60. The fraction of sp³-hybridized carbons (Fsp3) is 1.00. The summed E-state index contributed by atoms with van der Waals surface area (Å²) in [5, 5.41) is 19.2. The maximum absolute atomic E-state index is 9.60. The van der Waals surface area contributed by atoms with Gasteiger partial charge >= 0.3 is 0 Å². The number of hydrogen-bond donors (Lipinski definition) is 2. The molecule has 0 unspecified atom stereocenters. The molecule has 0 saturated heterocycles. The van der Waals surface area contributed by atoms with E-state index in [0.29, 0.717) is 12.8 Å². The molecule has 0 aliphatic rings. The Balaban J connectivity index is 3.32. The molecule has 0 amide bonds. The van der Waals surface area contributed by atoms with Crippen LogP contribution in [0.3, 0.4) is 0 Å². The maximum Gasteiger partial charge on any atom is 0.162 e. The van der Waals surface area contributed by atoms with Crippen LogP contribution in [0, 0.1) is 0 Å². The molecule has 0 fully saturated rings. The van der Waals surface area contributed by atoms with Crippen LogP contribution in [0.5, 0.6) is 0 Å². The molecule has 0 rings (SSSR count). The molecule has 0 aromatic heterocycles. The number of rotatable bonds is 10. The highest BCUT2D eigenvalue weighted by molar-refractivity contribution is 4.64. The molecule has 2 heteroatoms. The monoisotopic (exact) mass is 216 g/mol. The topological polar surface area (TPSA) is 40.5 Å². The van der Waals surface area contributed by atoms with E-state index in [1.54, 1.807) is 0 Å². The molecule has 0 aromatic carbocycles. The van der Waals surface area contributed by atoms with E-state index >= 15 is 0 Å². The van der Waals surface area contributed by atoms with Crippen molar-refractivity contribution in [3.05, 3.63) is 0 Å². The van der Waals surface area contributed by atoms with Gasteiger partial charge in [0.15, 0.2) is 5.79 Å². The largest absolute Gasteiger partial charge is 0.366 e. The van der Waals surface area contributed by atoms with Crippen LogP contribution in [0.4, 0.5) is 0 Å². The average molecular weight is 216 g/mol. The van der Waals surface area contributed by atoms with E-state index in [1.165, 1.54) is 25.7 Å². The Labute approximate surface area is 94.7 Å². The van der Waals surface area contributed by atoms with Crippen molar-refractivity contribution in [2.75, 3.05) is 0 Å². The minimum absolute atomic E-state index is 0.526. The SMILES string of the molecule is CCCCCCCCC(O)(O)CCCC. The van der Waals surface area contributed by atoms with Crippen LogP contribution in [0.1, 0.15) is 78.1 Å². The second-order valence-electron chi connectivity index (χ2n) is 4.60. The van der Waals surface area contributed by atoms with Gasteiger partial charge in [0, 0.05) is 12.8 Å². The van der Waals surface area contributed by atoms with Gasteiger partial charge in [-0.05, 0) is 12.8 Å². The highest BCUT2D eigenvalue weighted by atomic mass is 16.5. The summed E-state index contributed by atoms with van der Waals surface area (Å²) in [5.41, 5.74) is 0. The molecule has 15 heavy (non-hydrogen) atoms. The standard InChI is InChI=1S/C13H28O2/c1-3-5-7-8-9-10-12-13(14,15)11-6-4-2/h14-15H,3-12H2,1-2H3. The van der Waals surface area contributed by atoms with Crippen molar-refractivity contribution in [2.45, 2.75) is 83.8 Å². The second-order valence-corrected chi connectivity index (χ2v) is 4.60. The quantitative estimate of drug-likeness (QED) is 0.432. The summed E-state index contributed by atoms with van der Waals surface area (Å²) >= 11 is 0. The van der Waals surface area contributed by atoms with Gasteiger partial charge in [0.05, 0.1) is 0 Å². The van der Waals surface area contributed by atoms with E-state index in [2.05, 4.69) is 13.8 Å². The lowest BCUT2D eigenvalue weighted by Crippen LogP contribution is -2.27. The molecule has 0 saturated carbocycles. The van der Waals surface area contributed by atoms with Crippen molar-refractivity contribution in [2.24, 2.45) is 0 Å². The van der Waals surface area contributed by atoms with Gasteiger partial charge in [0.1, 0.15) is 0 Å². The molecule has 0 aliphatic heterocycles. The van der Waals surface area contributed by atoms with Crippen LogP contribution in [0.25, 0.3) is 0 Å². The molecule has 0 spiro atoms. The molecular formula is C13H28O2. The lowest BCUT2D eigenvalue weighted by Gasteiger charge is -2.21. The van der Waals surface area contributed by atoms with E-state index < -0.39 is 5.79 Å². The van der Waals surface area contributed by atoms with Gasteiger partial charge in [-0.15, -0.1) is 0 Å². The Morgan fingerprint density at radius 1 is 0.667 bits per heavy atom. The second kappa shape index (κ2) is 9.17. The van der Waals surface area contributed by atoms with Crippen molar-refractivity contribution in [3.63, 3.8) is 0 Å². The van der Waals surface area contributed by atoms with Crippen molar-refractivity contribution >= 4 is 0 Å². The van der Waals surface area contributed by atoms with Crippen molar-refractivity contribution in [3.8, 4) is 0 Å². The number of hydrogen-bond acceptors (Lipinski definition) is 2. The molecule has 0 aromatic rings. The molecule has 0 aliphatic carbocycles. The molecular weight excluding hydrogens is 188 g/mol. The third kappa shape index (κ3) is 10.2. The fourth-order valence-electron chi connectivity index (χ4n) is 1.77. The molecule has 0 heterocycles. The number of aliphatic hydroxyl groups is 2. The van der Waals surface area contributed by atoms with Crippen molar-refractivity contribution in [1.29, 1.82) is 0 Å². The fourth-order valence-corrected chi connectivity index (χ4v) is 1.77. The third-order valence-corrected chi connectivity index (χ3v) is 2.86. The molecule has 92 valence electrons. The van der Waals surface area contributed by atoms with Gasteiger partial charge in [0.25, 0.3) is 0 Å².